The number of nitrogens with zero attached hydrogens (tertiary/aromatic N) is 2. The van der Waals surface area contributed by atoms with Crippen molar-refractivity contribution in [1.29, 1.82) is 0 Å². The van der Waals surface area contributed by atoms with Crippen LogP contribution in [0.1, 0.15) is 61.1 Å². The molecule has 1 saturated heterocycles. The normalized spacial score (nSPS) is 13.3. The Morgan fingerprint density at radius 2 is 0.562 bits per heavy atom. The first-order chi connectivity index (χ1) is 63.6. The summed E-state index contributed by atoms with van der Waals surface area (Å²) in [4.78, 5) is 0. The molecular formula is C121H87BBr3IN2O2. The Morgan fingerprint density at radius 3 is 1.00 bits per heavy atom. The maximum absolute atomic E-state index is 6.18. The lowest BCUT2D eigenvalue weighted by Gasteiger charge is -2.32. The Balaban J connectivity index is 0.0000000974. The average Bonchev–Trinajstić information content (AvgIpc) is 1.55. The average molecular weight is 1980 g/mol. The molecule has 21 aromatic carbocycles. The number of aromatic nitrogens is 2. The lowest BCUT2D eigenvalue weighted by molar-refractivity contribution is 0.00578. The van der Waals surface area contributed by atoms with E-state index in [1.165, 1.54) is 212 Å². The Labute approximate surface area is 796 Å². The fourth-order valence-electron chi connectivity index (χ4n) is 19.9. The summed E-state index contributed by atoms with van der Waals surface area (Å²) < 4.78 is 21.8. The summed E-state index contributed by atoms with van der Waals surface area (Å²) in [6, 6.07) is 151. The third-order valence-corrected chi connectivity index (χ3v) is 29.2. The van der Waals surface area contributed by atoms with E-state index in [-0.39, 0.29) is 18.3 Å². The Bertz CT molecular complexity index is 8100. The first-order valence-electron chi connectivity index (χ1n) is 44.5. The number of halogens is 4. The SMILES string of the molecule is Brc1ccc(-n2c3ccc4ccccc4c3c3c4ccccc4ccc32)cc1.Brc1ccc(I)cc1.Brc1ccc2ccccc2c1.CC1(C)OB(c2ccc3c(c2)-c2ccccc2C3)OC1(C)C.c1ccc2c(c1)Cc1ccc(-c3ccc(-n4c5ccc6ccccc6c5c5c6ccccc6ccc54)cc3)cc1-2.c1ccc2c3c(ccc2c1)Cc1ccc2ccccc2c1-3. The van der Waals surface area contributed by atoms with Crippen LogP contribution in [0.15, 0.2) is 432 Å². The smallest absolute Gasteiger partial charge is 0.399 e. The Hall–Kier alpha value is -12.8. The Kier molecular flexibility index (Phi) is 22.0. The molecule has 23 aromatic rings. The predicted molar refractivity (Wildman–Crippen MR) is 572 cm³/mol. The highest BCUT2D eigenvalue weighted by Crippen LogP contribution is 2.49. The van der Waals surface area contributed by atoms with Gasteiger partial charge in [-0.15, -0.1) is 0 Å². The van der Waals surface area contributed by atoms with E-state index in [0.29, 0.717) is 0 Å². The second-order valence-corrected chi connectivity index (χ2v) is 39.2. The molecule has 1 aliphatic heterocycles. The van der Waals surface area contributed by atoms with Gasteiger partial charge in [0.25, 0.3) is 0 Å². The van der Waals surface area contributed by atoms with Gasteiger partial charge in [-0.25, -0.2) is 0 Å². The van der Waals surface area contributed by atoms with Crippen molar-refractivity contribution in [3.8, 4) is 55.9 Å². The molecule has 0 bridgehead atoms. The van der Waals surface area contributed by atoms with Gasteiger partial charge < -0.3 is 18.4 Å². The molecule has 0 saturated carbocycles. The zero-order valence-electron chi connectivity index (χ0n) is 72.3. The van der Waals surface area contributed by atoms with Crippen LogP contribution < -0.4 is 5.46 Å². The van der Waals surface area contributed by atoms with Crippen molar-refractivity contribution >= 4 is 202 Å². The molecule has 9 heteroatoms. The number of benzene rings is 21. The predicted octanol–water partition coefficient (Wildman–Crippen LogP) is 34.0. The summed E-state index contributed by atoms with van der Waals surface area (Å²) >= 11 is 12.6. The van der Waals surface area contributed by atoms with E-state index < -0.39 is 0 Å². The van der Waals surface area contributed by atoms with Gasteiger partial charge in [-0.1, -0.05) is 363 Å². The van der Waals surface area contributed by atoms with Crippen LogP contribution in [-0.2, 0) is 28.6 Å². The molecule has 27 rings (SSSR count). The molecule has 0 radical (unpaired) electrons. The molecular weight excluding hydrogens is 1890 g/mol. The van der Waals surface area contributed by atoms with Crippen molar-refractivity contribution in [2.24, 2.45) is 0 Å². The van der Waals surface area contributed by atoms with E-state index in [4.69, 9.17) is 9.31 Å². The summed E-state index contributed by atoms with van der Waals surface area (Å²) in [5.41, 5.74) is 27.2. The van der Waals surface area contributed by atoms with Gasteiger partial charge in [0, 0.05) is 49.9 Å². The molecule has 4 aliphatic rings. The first kappa shape index (κ1) is 82.9. The van der Waals surface area contributed by atoms with Gasteiger partial charge in [-0.3, -0.25) is 0 Å². The minimum absolute atomic E-state index is 0.289. The Morgan fingerprint density at radius 1 is 0.254 bits per heavy atom. The zero-order chi connectivity index (χ0) is 87.9. The van der Waals surface area contributed by atoms with Gasteiger partial charge in [0.2, 0.25) is 0 Å². The van der Waals surface area contributed by atoms with E-state index in [9.17, 15) is 0 Å². The van der Waals surface area contributed by atoms with E-state index >= 15 is 0 Å². The molecule has 2 aromatic heterocycles. The fourth-order valence-corrected chi connectivity index (χ4v) is 21.2. The van der Waals surface area contributed by atoms with Crippen molar-refractivity contribution < 1.29 is 9.31 Å². The van der Waals surface area contributed by atoms with E-state index in [1.54, 1.807) is 0 Å². The number of rotatable bonds is 4. The maximum atomic E-state index is 6.18. The molecule has 3 aliphatic carbocycles. The van der Waals surface area contributed by atoms with E-state index in [0.717, 1.165) is 38.1 Å². The summed E-state index contributed by atoms with van der Waals surface area (Å²) in [6.07, 6.45) is 3.11. The van der Waals surface area contributed by atoms with Gasteiger partial charge in [-0.2, -0.15) is 0 Å². The van der Waals surface area contributed by atoms with Crippen LogP contribution in [0.25, 0.3) is 175 Å². The van der Waals surface area contributed by atoms with Crippen LogP contribution in [0.4, 0.5) is 0 Å². The van der Waals surface area contributed by atoms with E-state index in [2.05, 4.69) is 514 Å². The minimum atomic E-state index is -0.297. The fraction of sp³-hybridized carbons (Fsp3) is 0.0744. The van der Waals surface area contributed by atoms with Crippen molar-refractivity contribution in [1.82, 2.24) is 9.13 Å². The second kappa shape index (κ2) is 34.6. The summed E-state index contributed by atoms with van der Waals surface area (Å²) in [6.45, 7) is 8.37. The molecule has 0 amide bonds. The summed E-state index contributed by atoms with van der Waals surface area (Å²) in [5.74, 6) is 0. The molecule has 4 nitrogen and oxygen atoms in total. The highest BCUT2D eigenvalue weighted by atomic mass is 127. The van der Waals surface area contributed by atoms with Crippen LogP contribution in [0.5, 0.6) is 0 Å². The first-order valence-corrected chi connectivity index (χ1v) is 47.9. The third-order valence-electron chi connectivity index (χ3n) is 27.0. The quantitative estimate of drug-likeness (QED) is 0.130. The highest BCUT2D eigenvalue weighted by Gasteiger charge is 2.52. The van der Waals surface area contributed by atoms with Crippen molar-refractivity contribution in [3.63, 3.8) is 0 Å². The van der Waals surface area contributed by atoms with Crippen LogP contribution in [-0.4, -0.2) is 27.5 Å². The minimum Gasteiger partial charge on any atom is -0.399 e. The largest absolute Gasteiger partial charge is 0.494 e. The van der Waals surface area contributed by atoms with Gasteiger partial charge >= 0.3 is 7.12 Å². The molecule has 1 fully saturated rings. The van der Waals surface area contributed by atoms with Crippen LogP contribution in [0.2, 0.25) is 0 Å². The standard InChI is InChI=1S/C39H25N.C26H16BrN.C21H14.C19H21BO2.C10H7Br.C6H4BrI/c1-5-11-33-26(7-1)17-21-36-38(33)39-34-12-6-2-8-27(34)18-22-37(39)40(36)31-19-15-25(16-20-31)28-13-14-30-23-29-9-3-4-10-32(29)35(30)24-28;27-19-11-13-20(14-12-19)28-23-15-9-17-5-1-3-7-21(17)25(23)26-22-8-4-2-6-18(22)10-16-24(26)28;1-3-7-18-14(5-1)9-11-16-13-17-12-10-15-6-2-4-8-19(15)21(17)20(16)18;1-18(2)19(3,4)22-20(21-18)15-10-9-14-11-13-7-5-6-8-16(13)17(14)12-15;11-10-6-5-8-3-1-2-4-9(8)7-10;7-5-1-3-6(8)4-2-5/h1-22,24H,23H2;1-16H;1-12H,13H2;5-10,12H,11H2,1-4H3;1-7H;1-4H. The summed E-state index contributed by atoms with van der Waals surface area (Å²) in [7, 11) is -0.289. The molecule has 0 atom stereocenters. The van der Waals surface area contributed by atoms with Crippen LogP contribution in [0.3, 0.4) is 0 Å². The third kappa shape index (κ3) is 15.4. The lowest BCUT2D eigenvalue weighted by atomic mass is 9.77. The van der Waals surface area contributed by atoms with Crippen molar-refractivity contribution in [2.75, 3.05) is 0 Å². The highest BCUT2D eigenvalue weighted by molar-refractivity contribution is 14.1. The number of hydrogen-bond acceptors (Lipinski definition) is 2. The van der Waals surface area contributed by atoms with Gasteiger partial charge in [0.05, 0.1) is 33.3 Å². The van der Waals surface area contributed by atoms with E-state index in [1.807, 2.05) is 12.1 Å². The van der Waals surface area contributed by atoms with Gasteiger partial charge in [-0.05, 0) is 331 Å². The lowest BCUT2D eigenvalue weighted by Crippen LogP contribution is -2.41. The molecule has 624 valence electrons. The van der Waals surface area contributed by atoms with Gasteiger partial charge in [0.1, 0.15) is 0 Å². The van der Waals surface area contributed by atoms with Crippen LogP contribution >= 0.6 is 70.4 Å². The van der Waals surface area contributed by atoms with Crippen molar-refractivity contribution in [2.45, 2.75) is 58.2 Å². The maximum Gasteiger partial charge on any atom is 0.494 e. The van der Waals surface area contributed by atoms with Gasteiger partial charge in [0.15, 0.2) is 0 Å². The molecule has 3 heterocycles. The number of fused-ring (bicyclic) bond motifs is 28. The molecule has 0 spiro atoms. The topological polar surface area (TPSA) is 28.3 Å². The zero-order valence-corrected chi connectivity index (χ0v) is 79.2. The van der Waals surface area contributed by atoms with Crippen LogP contribution in [0, 0.1) is 3.57 Å². The number of hydrogen-bond donors (Lipinski definition) is 0. The summed E-state index contributed by atoms with van der Waals surface area (Å²) in [5, 5.41) is 23.6. The second-order valence-electron chi connectivity index (χ2n) is 35.2. The van der Waals surface area contributed by atoms with Crippen molar-refractivity contribution in [3.05, 3.63) is 469 Å². The monoisotopic (exact) mass is 1970 g/mol. The molecule has 0 N–H and O–H groups in total. The molecule has 130 heavy (non-hydrogen) atoms. The molecule has 0 unspecified atom stereocenters.